The Balaban J connectivity index is 2.26. The van der Waals surface area contributed by atoms with Crippen molar-refractivity contribution in [3.05, 3.63) is 64.2 Å². The average molecular weight is 403 g/mol. The van der Waals surface area contributed by atoms with Gasteiger partial charge in [0.2, 0.25) is 15.9 Å². The number of carbonyl (C=O) groups is 1. The molecular formula is C22H30N2O3S. The van der Waals surface area contributed by atoms with Crippen LogP contribution in [0, 0.1) is 27.7 Å². The van der Waals surface area contributed by atoms with E-state index in [2.05, 4.69) is 11.4 Å². The van der Waals surface area contributed by atoms with E-state index < -0.39 is 10.0 Å². The van der Waals surface area contributed by atoms with E-state index in [0.717, 1.165) is 34.9 Å². The van der Waals surface area contributed by atoms with Gasteiger partial charge in [0, 0.05) is 0 Å². The molecule has 1 N–H and O–H groups in total. The quantitative estimate of drug-likeness (QED) is 0.762. The van der Waals surface area contributed by atoms with Crippen molar-refractivity contribution in [1.82, 2.24) is 5.32 Å². The molecule has 6 heteroatoms. The zero-order chi connectivity index (χ0) is 21.1. The minimum absolute atomic E-state index is 0.159. The van der Waals surface area contributed by atoms with Crippen LogP contribution in [0.2, 0.25) is 0 Å². The third-order valence-electron chi connectivity index (χ3n) is 4.85. The van der Waals surface area contributed by atoms with E-state index in [4.69, 9.17) is 0 Å². The van der Waals surface area contributed by atoms with Crippen molar-refractivity contribution < 1.29 is 13.2 Å². The van der Waals surface area contributed by atoms with E-state index >= 15 is 0 Å². The number of benzene rings is 2. The molecule has 0 radical (unpaired) electrons. The molecule has 2 aromatic carbocycles. The highest BCUT2D eigenvalue weighted by molar-refractivity contribution is 7.92. The predicted molar refractivity (Wildman–Crippen MR) is 115 cm³/mol. The maximum absolute atomic E-state index is 12.8. The lowest BCUT2D eigenvalue weighted by atomic mass is 9.97. The van der Waals surface area contributed by atoms with Crippen LogP contribution in [0.3, 0.4) is 0 Å². The van der Waals surface area contributed by atoms with Crippen LogP contribution in [0.15, 0.2) is 36.4 Å². The normalized spacial score (nSPS) is 12.5. The second-order valence-electron chi connectivity index (χ2n) is 7.45. The lowest BCUT2D eigenvalue weighted by molar-refractivity contribution is -0.120. The molecule has 1 amide bonds. The van der Waals surface area contributed by atoms with Gasteiger partial charge in [0.1, 0.15) is 6.54 Å². The third-order valence-corrected chi connectivity index (χ3v) is 5.98. The SMILES string of the molecule is CC[C@@H](NC(=O)CN(c1ccc(C)cc1C)S(C)(=O)=O)c1ccc(C)cc1C. The van der Waals surface area contributed by atoms with E-state index in [-0.39, 0.29) is 18.5 Å². The fraction of sp³-hybridized carbons (Fsp3) is 0.409. The summed E-state index contributed by atoms with van der Waals surface area (Å²) >= 11 is 0. The predicted octanol–water partition coefficient (Wildman–Crippen LogP) is 3.95. The molecule has 152 valence electrons. The number of nitrogens with one attached hydrogen (secondary N) is 1. The molecule has 0 heterocycles. The number of hydrogen-bond donors (Lipinski definition) is 1. The van der Waals surface area contributed by atoms with Gasteiger partial charge in [-0.2, -0.15) is 0 Å². The molecule has 0 fully saturated rings. The number of sulfonamides is 1. The summed E-state index contributed by atoms with van der Waals surface area (Å²) in [6.45, 7) is 9.61. The Morgan fingerprint density at radius 3 is 2.07 bits per heavy atom. The zero-order valence-electron chi connectivity index (χ0n) is 17.5. The van der Waals surface area contributed by atoms with Crippen LogP contribution in [0.5, 0.6) is 0 Å². The number of anilines is 1. The zero-order valence-corrected chi connectivity index (χ0v) is 18.4. The highest BCUT2D eigenvalue weighted by atomic mass is 32.2. The Kier molecular flexibility index (Phi) is 6.88. The van der Waals surface area contributed by atoms with Gasteiger partial charge in [-0.1, -0.05) is 48.4 Å². The molecule has 28 heavy (non-hydrogen) atoms. The van der Waals surface area contributed by atoms with Gasteiger partial charge >= 0.3 is 0 Å². The van der Waals surface area contributed by atoms with Crippen LogP contribution >= 0.6 is 0 Å². The van der Waals surface area contributed by atoms with Gasteiger partial charge in [-0.25, -0.2) is 8.42 Å². The average Bonchev–Trinajstić information content (AvgIpc) is 2.58. The molecule has 0 saturated carbocycles. The summed E-state index contributed by atoms with van der Waals surface area (Å²) in [6.07, 6.45) is 1.85. The van der Waals surface area contributed by atoms with Crippen molar-refractivity contribution >= 4 is 21.6 Å². The van der Waals surface area contributed by atoms with E-state index in [1.807, 2.05) is 58.9 Å². The summed E-state index contributed by atoms with van der Waals surface area (Å²) in [5.74, 6) is -0.322. The van der Waals surface area contributed by atoms with Crippen LogP contribution in [-0.2, 0) is 14.8 Å². The number of rotatable bonds is 7. The smallest absolute Gasteiger partial charge is 0.241 e. The van der Waals surface area contributed by atoms with Crippen molar-refractivity contribution in [3.8, 4) is 0 Å². The van der Waals surface area contributed by atoms with Crippen molar-refractivity contribution in [3.63, 3.8) is 0 Å². The summed E-state index contributed by atoms with van der Waals surface area (Å²) in [5, 5.41) is 3.00. The summed E-state index contributed by atoms with van der Waals surface area (Å²) in [6, 6.07) is 11.5. The summed E-state index contributed by atoms with van der Waals surface area (Å²) in [4.78, 5) is 12.8. The van der Waals surface area contributed by atoms with Crippen LogP contribution in [0.25, 0.3) is 0 Å². The second-order valence-corrected chi connectivity index (χ2v) is 9.35. The molecule has 1 atom stereocenters. The fourth-order valence-corrected chi connectivity index (χ4v) is 4.37. The van der Waals surface area contributed by atoms with Gasteiger partial charge in [-0.3, -0.25) is 9.10 Å². The molecule has 2 aromatic rings. The Morgan fingerprint density at radius 1 is 1.00 bits per heavy atom. The number of carbonyl (C=O) groups excluding carboxylic acids is 1. The first-order valence-electron chi connectivity index (χ1n) is 9.44. The van der Waals surface area contributed by atoms with Gasteiger partial charge in [-0.05, 0) is 56.9 Å². The molecule has 0 spiro atoms. The molecule has 0 aliphatic heterocycles. The Hall–Kier alpha value is -2.34. The molecule has 5 nitrogen and oxygen atoms in total. The van der Waals surface area contributed by atoms with Crippen LogP contribution in [-0.4, -0.2) is 27.1 Å². The Labute approximate surface area is 168 Å². The summed E-state index contributed by atoms with van der Waals surface area (Å²) in [7, 11) is -3.60. The van der Waals surface area contributed by atoms with Crippen molar-refractivity contribution in [2.24, 2.45) is 0 Å². The second kappa shape index (κ2) is 8.78. The van der Waals surface area contributed by atoms with E-state index in [0.29, 0.717) is 5.69 Å². The standard InChI is InChI=1S/C22H30N2O3S/c1-7-20(19-10-8-15(2)12-17(19)4)23-22(25)14-24(28(6,26)27)21-11-9-16(3)13-18(21)5/h8-13,20H,7,14H2,1-6H3,(H,23,25)/t20-/m1/s1. The van der Waals surface area contributed by atoms with Gasteiger partial charge in [0.25, 0.3) is 0 Å². The molecule has 0 aliphatic rings. The largest absolute Gasteiger partial charge is 0.348 e. The first-order valence-corrected chi connectivity index (χ1v) is 11.3. The van der Waals surface area contributed by atoms with E-state index in [1.54, 1.807) is 6.07 Å². The van der Waals surface area contributed by atoms with E-state index in [1.165, 1.54) is 9.87 Å². The molecule has 0 aromatic heterocycles. The lowest BCUT2D eigenvalue weighted by Gasteiger charge is -2.26. The topological polar surface area (TPSA) is 66.5 Å². The van der Waals surface area contributed by atoms with Crippen LogP contribution < -0.4 is 9.62 Å². The molecule has 0 saturated heterocycles. The number of hydrogen-bond acceptors (Lipinski definition) is 3. The lowest BCUT2D eigenvalue weighted by Crippen LogP contribution is -2.42. The number of nitrogens with zero attached hydrogens (tertiary/aromatic N) is 1. The first kappa shape index (κ1) is 22.0. The monoisotopic (exact) mass is 402 g/mol. The number of amides is 1. The third kappa shape index (κ3) is 5.35. The minimum atomic E-state index is -3.60. The maximum atomic E-state index is 12.8. The molecule has 0 unspecified atom stereocenters. The molecule has 2 rings (SSSR count). The first-order chi connectivity index (χ1) is 13.0. The summed E-state index contributed by atoms with van der Waals surface area (Å²) in [5.41, 5.74) is 5.73. The van der Waals surface area contributed by atoms with Crippen molar-refractivity contribution in [1.29, 1.82) is 0 Å². The van der Waals surface area contributed by atoms with Crippen LogP contribution in [0.4, 0.5) is 5.69 Å². The highest BCUT2D eigenvalue weighted by Gasteiger charge is 2.24. The minimum Gasteiger partial charge on any atom is -0.348 e. The van der Waals surface area contributed by atoms with Gasteiger partial charge in [0.05, 0.1) is 18.0 Å². The molecular weight excluding hydrogens is 372 g/mol. The van der Waals surface area contributed by atoms with Gasteiger partial charge < -0.3 is 5.32 Å². The number of aryl methyl sites for hydroxylation is 4. The highest BCUT2D eigenvalue weighted by Crippen LogP contribution is 2.25. The maximum Gasteiger partial charge on any atom is 0.241 e. The Bertz CT molecular complexity index is 968. The van der Waals surface area contributed by atoms with E-state index in [9.17, 15) is 13.2 Å². The summed E-state index contributed by atoms with van der Waals surface area (Å²) < 4.78 is 25.9. The van der Waals surface area contributed by atoms with Crippen molar-refractivity contribution in [2.45, 2.75) is 47.1 Å². The Morgan fingerprint density at radius 2 is 1.57 bits per heavy atom. The van der Waals surface area contributed by atoms with Crippen LogP contribution in [0.1, 0.15) is 47.2 Å². The fourth-order valence-electron chi connectivity index (χ4n) is 3.45. The molecule has 0 aliphatic carbocycles. The van der Waals surface area contributed by atoms with Crippen molar-refractivity contribution in [2.75, 3.05) is 17.1 Å². The van der Waals surface area contributed by atoms with Gasteiger partial charge in [0.15, 0.2) is 0 Å². The van der Waals surface area contributed by atoms with Gasteiger partial charge in [-0.15, -0.1) is 0 Å². The molecule has 0 bridgehead atoms.